The number of carbonyl (C=O) groups is 1. The summed E-state index contributed by atoms with van der Waals surface area (Å²) in [6, 6.07) is 18.1. The molecule has 2 atom stereocenters. The van der Waals surface area contributed by atoms with Gasteiger partial charge in [0.1, 0.15) is 22.7 Å². The van der Waals surface area contributed by atoms with Gasteiger partial charge in [-0.3, -0.25) is 14.9 Å². The van der Waals surface area contributed by atoms with Crippen LogP contribution in [0.3, 0.4) is 0 Å². The van der Waals surface area contributed by atoms with Gasteiger partial charge in [-0.15, -0.1) is 0 Å². The third kappa shape index (κ3) is 6.71. The Morgan fingerprint density at radius 1 is 0.898 bits per heavy atom. The van der Waals surface area contributed by atoms with Crippen molar-refractivity contribution in [2.45, 2.75) is 96.7 Å². The number of benzene rings is 2. The lowest BCUT2D eigenvalue weighted by Gasteiger charge is -2.48. The predicted molar refractivity (Wildman–Crippen MR) is 200 cm³/mol. The molecule has 0 bridgehead atoms. The first kappa shape index (κ1) is 35.7. The summed E-state index contributed by atoms with van der Waals surface area (Å²) in [5, 5.41) is 1.27. The van der Waals surface area contributed by atoms with Gasteiger partial charge in [0.15, 0.2) is 0 Å². The first-order valence-electron chi connectivity index (χ1n) is 17.8. The Hall–Kier alpha value is -3.13. The van der Waals surface area contributed by atoms with E-state index in [1.165, 1.54) is 12.8 Å². The second-order valence-electron chi connectivity index (χ2n) is 15.4. The highest BCUT2D eigenvalue weighted by Gasteiger charge is 2.60. The maximum Gasteiger partial charge on any atom is 0.326 e. The monoisotopic (exact) mass is 703 g/mol. The number of ether oxygens (including phenoxy) is 1. The van der Waals surface area contributed by atoms with Crippen molar-refractivity contribution in [2.24, 2.45) is 10.9 Å². The number of hydrogen-bond donors (Lipinski definition) is 0. The van der Waals surface area contributed by atoms with Gasteiger partial charge in [-0.05, 0) is 101 Å². The summed E-state index contributed by atoms with van der Waals surface area (Å²) in [6.07, 6.45) is 6.25. The maximum absolute atomic E-state index is 15.3. The summed E-state index contributed by atoms with van der Waals surface area (Å²) >= 11 is 12.9. The van der Waals surface area contributed by atoms with Crippen molar-refractivity contribution >= 4 is 35.1 Å². The van der Waals surface area contributed by atoms with Crippen LogP contribution in [0.2, 0.25) is 10.0 Å². The highest BCUT2D eigenvalue weighted by atomic mass is 35.5. The molecule has 2 fully saturated rings. The van der Waals surface area contributed by atoms with E-state index in [2.05, 4.69) is 46.4 Å². The SMILES string of the molecule is CCOc1cc(C(C)(C)C)ncc1C1=N[C@@](C)(c2ccc(Cl)cc2)[C@@](C)(c2ccc(Cl)cc2)N1C(=O)N1CCC(N2CCC(C)CC2)CC1. The Morgan fingerprint density at radius 2 is 1.47 bits per heavy atom. The number of likely N-dealkylation sites (tertiary alicyclic amines) is 2. The van der Waals surface area contributed by atoms with E-state index in [-0.39, 0.29) is 11.4 Å². The summed E-state index contributed by atoms with van der Waals surface area (Å²) in [7, 11) is 0. The quantitative estimate of drug-likeness (QED) is 0.257. The van der Waals surface area contributed by atoms with E-state index >= 15 is 4.79 Å². The molecule has 0 radical (unpaired) electrons. The van der Waals surface area contributed by atoms with Crippen LogP contribution in [0.1, 0.15) is 96.5 Å². The Kier molecular flexibility index (Phi) is 10.1. The van der Waals surface area contributed by atoms with Crippen molar-refractivity contribution in [2.75, 3.05) is 32.8 Å². The van der Waals surface area contributed by atoms with Gasteiger partial charge in [0, 0.05) is 52.5 Å². The van der Waals surface area contributed by atoms with Crippen LogP contribution in [-0.4, -0.2) is 70.4 Å². The maximum atomic E-state index is 15.3. The zero-order valence-electron chi connectivity index (χ0n) is 30.1. The van der Waals surface area contributed by atoms with Crippen LogP contribution in [0.15, 0.2) is 65.8 Å². The topological polar surface area (TPSA) is 61.3 Å². The molecular formula is C40H51Cl2N5O2. The van der Waals surface area contributed by atoms with Gasteiger partial charge >= 0.3 is 6.03 Å². The van der Waals surface area contributed by atoms with E-state index in [1.807, 2.05) is 77.5 Å². The van der Waals surface area contributed by atoms with Crippen molar-refractivity contribution in [1.29, 1.82) is 0 Å². The van der Waals surface area contributed by atoms with Crippen LogP contribution in [0, 0.1) is 5.92 Å². The van der Waals surface area contributed by atoms with Gasteiger partial charge < -0.3 is 14.5 Å². The zero-order valence-corrected chi connectivity index (χ0v) is 31.6. The van der Waals surface area contributed by atoms with Crippen molar-refractivity contribution in [1.82, 2.24) is 19.7 Å². The lowest BCUT2D eigenvalue weighted by molar-refractivity contribution is 0.0694. The van der Waals surface area contributed by atoms with Gasteiger partial charge in [-0.25, -0.2) is 4.79 Å². The standard InChI is InChI=1S/C40H51Cl2N5O2/c1-8-49-34-25-35(38(3,4)5)43-26-33(34)36-44-39(6,28-9-13-30(41)14-10-28)40(7,29-11-15-31(42)16-12-29)47(36)37(48)46-23-19-32(20-24-46)45-21-17-27(2)18-22-45/h9-16,25-27,32H,8,17-24H2,1-7H3/t39-,40+/m0/s1. The number of aliphatic imine (C=N–C) groups is 1. The molecule has 9 heteroatoms. The summed E-state index contributed by atoms with van der Waals surface area (Å²) in [4.78, 5) is 32.4. The van der Waals surface area contributed by atoms with Crippen LogP contribution >= 0.6 is 23.2 Å². The van der Waals surface area contributed by atoms with Crippen LogP contribution in [0.4, 0.5) is 4.79 Å². The first-order chi connectivity index (χ1) is 23.3. The fourth-order valence-electron chi connectivity index (χ4n) is 7.81. The van der Waals surface area contributed by atoms with Crippen molar-refractivity contribution in [3.63, 3.8) is 0 Å². The molecule has 7 nitrogen and oxygen atoms in total. The van der Waals surface area contributed by atoms with Crippen molar-refractivity contribution in [3.8, 4) is 5.75 Å². The van der Waals surface area contributed by atoms with Gasteiger partial charge in [-0.2, -0.15) is 0 Å². The molecule has 3 aliphatic heterocycles. The molecule has 3 aromatic rings. The molecule has 0 spiro atoms. The summed E-state index contributed by atoms with van der Waals surface area (Å²) in [5.41, 5.74) is 1.41. The number of pyridine rings is 1. The lowest BCUT2D eigenvalue weighted by atomic mass is 9.71. The molecule has 2 aromatic carbocycles. The molecule has 6 rings (SSSR count). The number of amides is 2. The first-order valence-corrected chi connectivity index (χ1v) is 18.6. The molecule has 2 amide bonds. The van der Waals surface area contributed by atoms with Crippen LogP contribution in [-0.2, 0) is 16.5 Å². The summed E-state index contributed by atoms with van der Waals surface area (Å²) < 4.78 is 6.31. The minimum absolute atomic E-state index is 0.0676. The molecule has 262 valence electrons. The smallest absolute Gasteiger partial charge is 0.326 e. The fraction of sp³-hybridized carbons (Fsp3) is 0.525. The second kappa shape index (κ2) is 13.9. The molecule has 49 heavy (non-hydrogen) atoms. The number of aromatic nitrogens is 1. The average Bonchev–Trinajstić information content (AvgIpc) is 3.33. The van der Waals surface area contributed by atoms with Crippen molar-refractivity contribution in [3.05, 3.63) is 93.2 Å². The van der Waals surface area contributed by atoms with E-state index in [0.717, 1.165) is 48.7 Å². The molecule has 3 aliphatic rings. The molecular weight excluding hydrogens is 653 g/mol. The third-order valence-corrected chi connectivity index (χ3v) is 11.7. The number of urea groups is 1. The van der Waals surface area contributed by atoms with Crippen molar-refractivity contribution < 1.29 is 9.53 Å². The highest BCUT2D eigenvalue weighted by Crippen LogP contribution is 2.54. The fourth-order valence-corrected chi connectivity index (χ4v) is 8.07. The Morgan fingerprint density at radius 3 is 2.02 bits per heavy atom. The molecule has 0 saturated carbocycles. The number of hydrogen-bond acceptors (Lipinski definition) is 5. The molecule has 0 N–H and O–H groups in total. The number of amidine groups is 1. The van der Waals surface area contributed by atoms with Crippen LogP contribution in [0.25, 0.3) is 0 Å². The zero-order chi connectivity index (χ0) is 35.1. The summed E-state index contributed by atoms with van der Waals surface area (Å²) in [5.74, 6) is 2.00. The number of piperidine rings is 2. The lowest BCUT2D eigenvalue weighted by Crippen LogP contribution is -2.60. The van der Waals surface area contributed by atoms with Gasteiger partial charge in [0.25, 0.3) is 0 Å². The molecule has 4 heterocycles. The average molecular weight is 705 g/mol. The van der Waals surface area contributed by atoms with E-state index in [0.29, 0.717) is 52.9 Å². The predicted octanol–water partition coefficient (Wildman–Crippen LogP) is 9.29. The normalized spacial score (nSPS) is 24.3. The number of halogens is 2. The summed E-state index contributed by atoms with van der Waals surface area (Å²) in [6.45, 7) is 19.1. The minimum Gasteiger partial charge on any atom is -0.493 e. The molecule has 2 saturated heterocycles. The molecule has 0 aliphatic carbocycles. The molecule has 1 aromatic heterocycles. The van der Waals surface area contributed by atoms with Crippen LogP contribution in [0.5, 0.6) is 5.75 Å². The van der Waals surface area contributed by atoms with Gasteiger partial charge in [-0.1, -0.05) is 75.2 Å². The third-order valence-electron chi connectivity index (χ3n) is 11.2. The van der Waals surface area contributed by atoms with Gasteiger partial charge in [0.05, 0.1) is 12.2 Å². The second-order valence-corrected chi connectivity index (χ2v) is 16.3. The Balaban J connectivity index is 1.48. The van der Waals surface area contributed by atoms with Gasteiger partial charge in [0.2, 0.25) is 0 Å². The molecule has 0 unspecified atom stereocenters. The Labute approximate surface area is 302 Å². The number of rotatable bonds is 6. The highest BCUT2D eigenvalue weighted by molar-refractivity contribution is 6.30. The Bertz CT molecular complexity index is 1670. The van der Waals surface area contributed by atoms with E-state index < -0.39 is 11.1 Å². The van der Waals surface area contributed by atoms with Crippen LogP contribution < -0.4 is 4.74 Å². The van der Waals surface area contributed by atoms with E-state index in [1.54, 1.807) is 0 Å². The minimum atomic E-state index is -0.954. The number of carbonyl (C=O) groups excluding carboxylic acids is 1. The number of nitrogens with zero attached hydrogens (tertiary/aromatic N) is 5. The largest absolute Gasteiger partial charge is 0.493 e. The van der Waals surface area contributed by atoms with E-state index in [9.17, 15) is 0 Å². The van der Waals surface area contributed by atoms with E-state index in [4.69, 9.17) is 37.9 Å².